The van der Waals surface area contributed by atoms with E-state index in [2.05, 4.69) is 19.2 Å². The Morgan fingerprint density at radius 3 is 1.15 bits per heavy atom. The van der Waals surface area contributed by atoms with E-state index in [-0.39, 0.29) is 12.5 Å². The molecule has 6 N–H and O–H groups in total. The third-order valence-corrected chi connectivity index (χ3v) is 13.5. The van der Waals surface area contributed by atoms with E-state index in [0.717, 1.165) is 51.4 Å². The fourth-order valence-electron chi connectivity index (χ4n) is 9.11. The number of aliphatic hydroxyl groups excluding tert-OH is 5. The van der Waals surface area contributed by atoms with Gasteiger partial charge in [-0.15, -0.1) is 0 Å². The number of amides is 1. The van der Waals surface area contributed by atoms with Gasteiger partial charge in [-0.3, -0.25) is 4.79 Å². The van der Waals surface area contributed by atoms with E-state index in [9.17, 15) is 30.3 Å². The first-order valence-corrected chi connectivity index (χ1v) is 27.2. The molecule has 1 aliphatic rings. The number of ether oxygens (including phenoxy) is 2. The zero-order valence-corrected chi connectivity index (χ0v) is 40.9. The van der Waals surface area contributed by atoms with Crippen LogP contribution >= 0.6 is 0 Å². The number of carbonyl (C=O) groups excluding carboxylic acids is 1. The second-order valence-corrected chi connectivity index (χ2v) is 19.4. The monoisotopic (exact) mass is 884 g/mol. The molecule has 0 bridgehead atoms. The number of hydrogen-bond donors (Lipinski definition) is 6. The lowest BCUT2D eigenvalue weighted by Gasteiger charge is -2.40. The molecule has 0 aromatic carbocycles. The van der Waals surface area contributed by atoms with Gasteiger partial charge in [-0.05, 0) is 12.8 Å². The fraction of sp³-hybridized carbons (Fsp3) is 0.981. The van der Waals surface area contributed by atoms with Crippen LogP contribution in [0.15, 0.2) is 0 Å². The highest BCUT2D eigenvalue weighted by Gasteiger charge is 2.44. The average Bonchev–Trinajstić information content (AvgIpc) is 3.27. The van der Waals surface area contributed by atoms with E-state index in [1.807, 2.05) is 0 Å². The topological polar surface area (TPSA) is 149 Å². The molecule has 9 heteroatoms. The van der Waals surface area contributed by atoms with Crippen molar-refractivity contribution in [3.8, 4) is 0 Å². The van der Waals surface area contributed by atoms with Crippen LogP contribution < -0.4 is 5.32 Å². The number of unbranched alkanes of at least 4 members (excludes halogenated alkanes) is 37. The van der Waals surface area contributed by atoms with Crippen LogP contribution in [0.3, 0.4) is 0 Å². The number of carbonyl (C=O) groups is 1. The van der Waals surface area contributed by atoms with Gasteiger partial charge in [0.1, 0.15) is 24.4 Å². The number of hydrogen-bond acceptors (Lipinski definition) is 8. The molecule has 1 amide bonds. The number of aliphatic hydroxyl groups is 5. The van der Waals surface area contributed by atoms with E-state index >= 15 is 0 Å². The van der Waals surface area contributed by atoms with Crippen molar-refractivity contribution in [1.29, 1.82) is 0 Å². The Morgan fingerprint density at radius 1 is 0.484 bits per heavy atom. The summed E-state index contributed by atoms with van der Waals surface area (Å²) >= 11 is 0. The van der Waals surface area contributed by atoms with Crippen molar-refractivity contribution in [2.24, 2.45) is 0 Å². The van der Waals surface area contributed by atoms with Gasteiger partial charge in [0, 0.05) is 6.42 Å². The van der Waals surface area contributed by atoms with Gasteiger partial charge in [0.05, 0.1) is 25.4 Å². The number of rotatable bonds is 47. The van der Waals surface area contributed by atoms with Gasteiger partial charge < -0.3 is 40.3 Å². The first-order valence-electron chi connectivity index (χ1n) is 27.2. The molecule has 1 rings (SSSR count). The molecule has 7 unspecified atom stereocenters. The summed E-state index contributed by atoms with van der Waals surface area (Å²) in [4.78, 5) is 12.9. The molecule has 62 heavy (non-hydrogen) atoms. The van der Waals surface area contributed by atoms with Crippen LogP contribution in [-0.2, 0) is 14.3 Å². The van der Waals surface area contributed by atoms with Crippen molar-refractivity contribution in [3.63, 3.8) is 0 Å². The highest BCUT2D eigenvalue weighted by molar-refractivity contribution is 5.76. The van der Waals surface area contributed by atoms with Crippen LogP contribution in [0, 0.1) is 0 Å². The summed E-state index contributed by atoms with van der Waals surface area (Å²) in [5.74, 6) is -0.145. The first-order chi connectivity index (χ1) is 30.3. The first kappa shape index (κ1) is 59.2. The van der Waals surface area contributed by atoms with Gasteiger partial charge in [0.15, 0.2) is 6.29 Å². The Hall–Kier alpha value is -0.810. The maximum atomic E-state index is 12.9. The zero-order chi connectivity index (χ0) is 45.1. The van der Waals surface area contributed by atoms with Crippen molar-refractivity contribution in [2.45, 2.75) is 320 Å². The van der Waals surface area contributed by atoms with Crippen LogP contribution in [0.5, 0.6) is 0 Å². The summed E-state index contributed by atoms with van der Waals surface area (Å²) in [6.45, 7) is 3.77. The van der Waals surface area contributed by atoms with Crippen LogP contribution in [0.2, 0.25) is 0 Å². The largest absolute Gasteiger partial charge is 0.394 e. The smallest absolute Gasteiger partial charge is 0.220 e. The Balaban J connectivity index is 1.95. The summed E-state index contributed by atoms with van der Waals surface area (Å²) in [5.41, 5.74) is 0. The molecule has 0 aliphatic carbocycles. The van der Waals surface area contributed by atoms with Gasteiger partial charge >= 0.3 is 0 Å². The molecule has 370 valence electrons. The molecule has 9 nitrogen and oxygen atoms in total. The van der Waals surface area contributed by atoms with E-state index in [0.29, 0.717) is 12.8 Å². The predicted molar refractivity (Wildman–Crippen MR) is 258 cm³/mol. The second kappa shape index (κ2) is 44.0. The van der Waals surface area contributed by atoms with Crippen molar-refractivity contribution in [1.82, 2.24) is 5.32 Å². The van der Waals surface area contributed by atoms with Crippen molar-refractivity contribution < 1.29 is 39.8 Å². The molecule has 0 spiro atoms. The molecule has 1 saturated heterocycles. The van der Waals surface area contributed by atoms with Gasteiger partial charge in [0.25, 0.3) is 0 Å². The maximum absolute atomic E-state index is 12.9. The molecule has 1 fully saturated rings. The Labute approximate surface area is 383 Å². The minimum Gasteiger partial charge on any atom is -0.394 e. The summed E-state index contributed by atoms with van der Waals surface area (Å²) in [7, 11) is 0. The standard InChI is InChI=1S/C53H105NO8/c1-3-5-7-9-10-11-12-13-14-15-16-17-18-19-20-21-22-23-24-25-26-27-28-29-30-31-32-33-34-35-36-37-39-41-43-49(57)54-46(47(56)42-40-38-8-6-4-2)45-61-53-52(60)51(59)50(58)48(44-55)62-53/h46-48,50-53,55-56,58-60H,3-45H2,1-2H3,(H,54,57). The Bertz CT molecular complexity index is 939. The molecule has 0 aromatic rings. The molecule has 1 aliphatic heterocycles. The van der Waals surface area contributed by atoms with Crippen molar-refractivity contribution in [3.05, 3.63) is 0 Å². The third kappa shape index (κ3) is 33.6. The minimum atomic E-state index is -1.55. The van der Waals surface area contributed by atoms with Crippen LogP contribution in [0.4, 0.5) is 0 Å². The van der Waals surface area contributed by atoms with Gasteiger partial charge in [-0.2, -0.15) is 0 Å². The van der Waals surface area contributed by atoms with Gasteiger partial charge in [0.2, 0.25) is 5.91 Å². The molecule has 1 heterocycles. The predicted octanol–water partition coefficient (Wildman–Crippen LogP) is 12.7. The molecule has 0 radical (unpaired) electrons. The highest BCUT2D eigenvalue weighted by Crippen LogP contribution is 2.23. The van der Waals surface area contributed by atoms with E-state index < -0.39 is 49.5 Å². The summed E-state index contributed by atoms with van der Waals surface area (Å²) < 4.78 is 11.2. The summed E-state index contributed by atoms with van der Waals surface area (Å²) in [5, 5.41) is 54.0. The lowest BCUT2D eigenvalue weighted by molar-refractivity contribution is -0.302. The SMILES string of the molecule is CCCCCCCCCCCCCCCCCCCCCCCCCCCCCCCCCCCCC(=O)NC(COC1OC(CO)C(O)C(O)C1O)C(O)CCCCCCC. The second-order valence-electron chi connectivity index (χ2n) is 19.4. The lowest BCUT2D eigenvalue weighted by Crippen LogP contribution is -2.60. The quantitative estimate of drug-likeness (QED) is 0.0331. The highest BCUT2D eigenvalue weighted by atomic mass is 16.7. The Morgan fingerprint density at radius 2 is 0.806 bits per heavy atom. The normalized spacial score (nSPS) is 20.1. The van der Waals surface area contributed by atoms with Crippen molar-refractivity contribution in [2.75, 3.05) is 13.2 Å². The molecule has 7 atom stereocenters. The molecule has 0 saturated carbocycles. The van der Waals surface area contributed by atoms with E-state index in [1.165, 1.54) is 199 Å². The minimum absolute atomic E-state index is 0.135. The third-order valence-electron chi connectivity index (χ3n) is 13.5. The molecular weight excluding hydrogens is 779 g/mol. The number of nitrogens with one attached hydrogen (secondary N) is 1. The Kier molecular flexibility index (Phi) is 42.1. The zero-order valence-electron chi connectivity index (χ0n) is 40.9. The average molecular weight is 884 g/mol. The fourth-order valence-corrected chi connectivity index (χ4v) is 9.11. The maximum Gasteiger partial charge on any atom is 0.220 e. The summed E-state index contributed by atoms with van der Waals surface area (Å²) in [6, 6.07) is -0.709. The molecule has 0 aromatic heterocycles. The van der Waals surface area contributed by atoms with E-state index in [1.54, 1.807) is 0 Å². The van der Waals surface area contributed by atoms with E-state index in [4.69, 9.17) is 9.47 Å². The van der Waals surface area contributed by atoms with Crippen LogP contribution in [0.1, 0.15) is 277 Å². The van der Waals surface area contributed by atoms with Crippen molar-refractivity contribution >= 4 is 5.91 Å². The van der Waals surface area contributed by atoms with Gasteiger partial charge in [-0.1, -0.05) is 258 Å². The lowest BCUT2D eigenvalue weighted by atomic mass is 9.99. The van der Waals surface area contributed by atoms with Gasteiger partial charge in [-0.25, -0.2) is 0 Å². The van der Waals surface area contributed by atoms with Crippen LogP contribution in [0.25, 0.3) is 0 Å². The molecular formula is C53H105NO8. The van der Waals surface area contributed by atoms with Crippen LogP contribution in [-0.4, -0.2) is 87.5 Å². The summed E-state index contributed by atoms with van der Waals surface area (Å²) in [6.07, 6.45) is 45.1.